The second kappa shape index (κ2) is 6.51. The molecule has 0 aliphatic carbocycles. The number of nitrogens with zero attached hydrogens (tertiary/aromatic N) is 2. The molecule has 2 nitrogen and oxygen atoms in total. The summed E-state index contributed by atoms with van der Waals surface area (Å²) in [6, 6.07) is 11.8. The minimum absolute atomic E-state index is 0.549. The van der Waals surface area contributed by atoms with E-state index in [9.17, 15) is 0 Å². The van der Waals surface area contributed by atoms with E-state index in [0.717, 1.165) is 6.42 Å². The van der Waals surface area contributed by atoms with Crippen LogP contribution in [0.4, 0.5) is 0 Å². The summed E-state index contributed by atoms with van der Waals surface area (Å²) in [6.45, 7) is 4.84. The highest BCUT2D eigenvalue weighted by Crippen LogP contribution is 2.24. The number of hydrogen-bond donors (Lipinski definition) is 0. The molecule has 0 N–H and O–H groups in total. The molecule has 1 aromatic carbocycles. The maximum atomic E-state index is 4.16. The molecule has 0 spiro atoms. The van der Waals surface area contributed by atoms with Gasteiger partial charge in [0.05, 0.1) is 0 Å². The Hall–Kier alpha value is -1.19. The summed E-state index contributed by atoms with van der Waals surface area (Å²) in [6.07, 6.45) is 6.99. The van der Waals surface area contributed by atoms with Crippen LogP contribution in [0.2, 0.25) is 0 Å². The molecule has 3 heteroatoms. The Labute approximate surface area is 125 Å². The van der Waals surface area contributed by atoms with Gasteiger partial charge in [-0.2, -0.15) is 0 Å². The van der Waals surface area contributed by atoms with Crippen LogP contribution in [0.3, 0.4) is 0 Å². The number of aromatic nitrogens is 1. The lowest BCUT2D eigenvalue weighted by Crippen LogP contribution is -2.32. The fourth-order valence-electron chi connectivity index (χ4n) is 2.96. The quantitative estimate of drug-likeness (QED) is 0.834. The van der Waals surface area contributed by atoms with Crippen molar-refractivity contribution >= 4 is 11.5 Å². The van der Waals surface area contributed by atoms with E-state index in [1.807, 2.05) is 6.20 Å². The second-order valence-corrected chi connectivity index (χ2v) is 6.59. The molecule has 0 bridgehead atoms. The monoisotopic (exact) mass is 286 g/mol. The normalized spacial score (nSPS) is 18.1. The zero-order chi connectivity index (χ0) is 13.8. The highest BCUT2D eigenvalue weighted by atomic mass is 32.1. The average molecular weight is 286 g/mol. The first-order chi connectivity index (χ1) is 9.83. The molecule has 1 aliphatic heterocycles. The minimum Gasteiger partial charge on any atom is -0.297 e. The second-order valence-electron chi connectivity index (χ2n) is 5.67. The number of benzene rings is 1. The van der Waals surface area contributed by atoms with E-state index in [2.05, 4.69) is 46.5 Å². The Balaban J connectivity index is 1.65. The zero-order valence-corrected chi connectivity index (χ0v) is 12.9. The van der Waals surface area contributed by atoms with Gasteiger partial charge in [0, 0.05) is 23.5 Å². The van der Waals surface area contributed by atoms with Crippen molar-refractivity contribution in [2.24, 2.45) is 0 Å². The summed E-state index contributed by atoms with van der Waals surface area (Å²) >= 11 is 1.59. The van der Waals surface area contributed by atoms with Gasteiger partial charge in [-0.15, -0.1) is 0 Å². The van der Waals surface area contributed by atoms with Gasteiger partial charge in [0.1, 0.15) is 0 Å². The van der Waals surface area contributed by atoms with E-state index in [1.165, 1.54) is 48.4 Å². The summed E-state index contributed by atoms with van der Waals surface area (Å²) in [5.74, 6) is 0. The molecule has 1 aliphatic rings. The van der Waals surface area contributed by atoms with Crippen molar-refractivity contribution in [1.29, 1.82) is 0 Å². The van der Waals surface area contributed by atoms with Crippen molar-refractivity contribution in [3.63, 3.8) is 0 Å². The Morgan fingerprint density at radius 1 is 1.10 bits per heavy atom. The van der Waals surface area contributed by atoms with Gasteiger partial charge in [0.15, 0.2) is 0 Å². The molecule has 1 saturated heterocycles. The van der Waals surface area contributed by atoms with Crippen molar-refractivity contribution in [2.45, 2.75) is 38.6 Å². The van der Waals surface area contributed by atoms with E-state index in [4.69, 9.17) is 0 Å². The summed E-state index contributed by atoms with van der Waals surface area (Å²) < 4.78 is 4.16. The van der Waals surface area contributed by atoms with E-state index >= 15 is 0 Å². The first-order valence-electron chi connectivity index (χ1n) is 7.55. The molecule has 2 aromatic rings. The van der Waals surface area contributed by atoms with Gasteiger partial charge in [-0.25, -0.2) is 4.37 Å². The summed E-state index contributed by atoms with van der Waals surface area (Å²) in [7, 11) is 0. The van der Waals surface area contributed by atoms with Crippen molar-refractivity contribution in [1.82, 2.24) is 9.27 Å². The summed E-state index contributed by atoms with van der Waals surface area (Å²) in [4.78, 5) is 3.95. The Morgan fingerprint density at radius 2 is 1.85 bits per heavy atom. The van der Waals surface area contributed by atoms with Gasteiger partial charge < -0.3 is 0 Å². The van der Waals surface area contributed by atoms with E-state index in [-0.39, 0.29) is 0 Å². The van der Waals surface area contributed by atoms with Gasteiger partial charge in [0.2, 0.25) is 0 Å². The van der Waals surface area contributed by atoms with Crippen LogP contribution in [0.15, 0.2) is 36.5 Å². The lowest BCUT2D eigenvalue weighted by Gasteiger charge is -2.32. The molecule has 0 saturated carbocycles. The van der Waals surface area contributed by atoms with Gasteiger partial charge in [-0.3, -0.25) is 4.90 Å². The fraction of sp³-hybridized carbons (Fsp3) is 0.471. The number of likely N-dealkylation sites (tertiary alicyclic amines) is 1. The molecule has 106 valence electrons. The van der Waals surface area contributed by atoms with Crippen molar-refractivity contribution in [3.05, 3.63) is 52.5 Å². The third-order valence-electron chi connectivity index (χ3n) is 4.27. The van der Waals surface area contributed by atoms with Gasteiger partial charge in [-0.05, 0) is 61.6 Å². The third-order valence-corrected chi connectivity index (χ3v) is 5.01. The van der Waals surface area contributed by atoms with Crippen LogP contribution in [-0.4, -0.2) is 22.4 Å². The highest BCUT2D eigenvalue weighted by molar-refractivity contribution is 7.05. The molecule has 0 radical (unpaired) electrons. The van der Waals surface area contributed by atoms with Crippen LogP contribution in [0, 0.1) is 0 Å². The summed E-state index contributed by atoms with van der Waals surface area (Å²) in [5, 5.41) is 0. The van der Waals surface area contributed by atoms with Crippen LogP contribution >= 0.6 is 11.5 Å². The zero-order valence-electron chi connectivity index (χ0n) is 12.1. The molecule has 1 unspecified atom stereocenters. The van der Waals surface area contributed by atoms with Gasteiger partial charge in [-0.1, -0.05) is 30.7 Å². The fourth-order valence-corrected chi connectivity index (χ4v) is 3.58. The molecule has 1 fully saturated rings. The average Bonchev–Trinajstić information content (AvgIpc) is 3.01. The standard InChI is InChI=1S/C17H22N2S/c1-14(19-11-3-2-4-12-19)16-7-5-15(6-8-16)13-17-9-10-18-20-17/h5-10,14H,2-4,11-13H2,1H3. The highest BCUT2D eigenvalue weighted by Gasteiger charge is 2.17. The van der Waals surface area contributed by atoms with E-state index in [0.29, 0.717) is 6.04 Å². The molecule has 0 amide bonds. The Kier molecular flexibility index (Phi) is 4.48. The summed E-state index contributed by atoms with van der Waals surface area (Å²) in [5.41, 5.74) is 2.82. The largest absolute Gasteiger partial charge is 0.297 e. The number of hydrogen-bond acceptors (Lipinski definition) is 3. The van der Waals surface area contributed by atoms with Crippen LogP contribution in [0.25, 0.3) is 0 Å². The van der Waals surface area contributed by atoms with Crippen LogP contribution in [-0.2, 0) is 6.42 Å². The third kappa shape index (κ3) is 3.28. The minimum atomic E-state index is 0.549. The molecule has 2 heterocycles. The van der Waals surface area contributed by atoms with Crippen LogP contribution in [0.1, 0.15) is 48.2 Å². The van der Waals surface area contributed by atoms with Crippen molar-refractivity contribution < 1.29 is 0 Å². The van der Waals surface area contributed by atoms with E-state index < -0.39 is 0 Å². The first kappa shape index (κ1) is 13.8. The maximum Gasteiger partial charge on any atom is 0.0409 e. The molecular formula is C17H22N2S. The maximum absolute atomic E-state index is 4.16. The Morgan fingerprint density at radius 3 is 2.50 bits per heavy atom. The number of piperidine rings is 1. The molecule has 1 aromatic heterocycles. The van der Waals surface area contributed by atoms with E-state index in [1.54, 1.807) is 11.5 Å². The Bertz CT molecular complexity index is 512. The topological polar surface area (TPSA) is 16.1 Å². The van der Waals surface area contributed by atoms with Crippen LogP contribution < -0.4 is 0 Å². The molecule has 3 rings (SSSR count). The molecule has 1 atom stereocenters. The lowest BCUT2D eigenvalue weighted by atomic mass is 10.0. The first-order valence-corrected chi connectivity index (χ1v) is 8.33. The molecular weight excluding hydrogens is 264 g/mol. The lowest BCUT2D eigenvalue weighted by molar-refractivity contribution is 0.175. The van der Waals surface area contributed by atoms with Crippen molar-refractivity contribution in [2.75, 3.05) is 13.1 Å². The SMILES string of the molecule is CC(c1ccc(Cc2ccns2)cc1)N1CCCCC1. The predicted octanol–water partition coefficient (Wildman–Crippen LogP) is 4.28. The van der Waals surface area contributed by atoms with Crippen LogP contribution in [0.5, 0.6) is 0 Å². The van der Waals surface area contributed by atoms with Crippen molar-refractivity contribution in [3.8, 4) is 0 Å². The van der Waals surface area contributed by atoms with Gasteiger partial charge in [0.25, 0.3) is 0 Å². The molecule has 20 heavy (non-hydrogen) atoms. The number of rotatable bonds is 4. The smallest absolute Gasteiger partial charge is 0.0409 e. The van der Waals surface area contributed by atoms with Gasteiger partial charge >= 0.3 is 0 Å². The predicted molar refractivity (Wildman–Crippen MR) is 85.2 cm³/mol.